The molecule has 0 aromatic heterocycles. The Kier molecular flexibility index (Phi) is 32.1. The van der Waals surface area contributed by atoms with Gasteiger partial charge in [0.25, 0.3) is 0 Å². The Balaban J connectivity index is 3.31. The van der Waals surface area contributed by atoms with Crippen molar-refractivity contribution >= 4 is 11.9 Å². The Labute approximate surface area is 244 Å². The quantitative estimate of drug-likeness (QED) is 0.0374. The minimum Gasteiger partial charge on any atom is -0.393 e. The summed E-state index contributed by atoms with van der Waals surface area (Å²) < 4.78 is 5.00. The van der Waals surface area contributed by atoms with Gasteiger partial charge in [0, 0.05) is 12.8 Å². The van der Waals surface area contributed by atoms with E-state index in [1.54, 1.807) is 0 Å². The molecular weight excluding hydrogens is 480 g/mol. The van der Waals surface area contributed by atoms with E-state index >= 15 is 0 Å². The molecule has 0 heterocycles. The van der Waals surface area contributed by atoms with Crippen LogP contribution < -0.4 is 0 Å². The average molecular weight is 549 g/mol. The number of hydrogen-bond acceptors (Lipinski definition) is 3. The Bertz CT molecular complexity index is 539. The van der Waals surface area contributed by atoms with Gasteiger partial charge < -0.3 is 4.74 Å². The number of unbranched alkanes of at least 4 members (excludes halogenated alkanes) is 25. The fraction of sp³-hybridized carbons (Fsp3) is 0.889. The number of rotatable bonds is 31. The monoisotopic (exact) mass is 549 g/mol. The lowest BCUT2D eigenvalue weighted by atomic mass is 10.0. The molecule has 0 unspecified atom stereocenters. The first-order valence-electron chi connectivity index (χ1n) is 17.6. The lowest BCUT2D eigenvalue weighted by molar-refractivity contribution is -0.159. The third-order valence-corrected chi connectivity index (χ3v) is 7.85. The second kappa shape index (κ2) is 33.1. The summed E-state index contributed by atoms with van der Waals surface area (Å²) in [6, 6.07) is 0. The van der Waals surface area contributed by atoms with Gasteiger partial charge in [0.2, 0.25) is 0 Å². The van der Waals surface area contributed by atoms with Gasteiger partial charge in [-0.1, -0.05) is 167 Å². The maximum Gasteiger partial charge on any atom is 0.313 e. The smallest absolute Gasteiger partial charge is 0.313 e. The summed E-state index contributed by atoms with van der Waals surface area (Å²) in [4.78, 5) is 23.8. The van der Waals surface area contributed by atoms with Crippen LogP contribution >= 0.6 is 0 Å². The van der Waals surface area contributed by atoms with E-state index < -0.39 is 0 Å². The van der Waals surface area contributed by atoms with Crippen LogP contribution in [0.4, 0.5) is 0 Å². The van der Waals surface area contributed by atoms with Crippen molar-refractivity contribution in [3.63, 3.8) is 0 Å². The van der Waals surface area contributed by atoms with Crippen molar-refractivity contribution in [1.29, 1.82) is 0 Å². The van der Waals surface area contributed by atoms with Crippen molar-refractivity contribution in [2.24, 2.45) is 0 Å². The van der Waals surface area contributed by atoms with Crippen molar-refractivity contribution < 1.29 is 14.3 Å². The predicted molar refractivity (Wildman–Crippen MR) is 170 cm³/mol. The third kappa shape index (κ3) is 33.0. The van der Waals surface area contributed by atoms with Gasteiger partial charge in [-0.3, -0.25) is 9.59 Å². The molecule has 0 aromatic carbocycles. The van der Waals surface area contributed by atoms with Gasteiger partial charge in [0.15, 0.2) is 0 Å². The van der Waals surface area contributed by atoms with Gasteiger partial charge in [-0.15, -0.1) is 0 Å². The molecule has 0 radical (unpaired) electrons. The van der Waals surface area contributed by atoms with Crippen LogP contribution in [0.25, 0.3) is 0 Å². The van der Waals surface area contributed by atoms with E-state index in [-0.39, 0.29) is 11.9 Å². The summed E-state index contributed by atoms with van der Waals surface area (Å²) >= 11 is 0. The van der Waals surface area contributed by atoms with Crippen LogP contribution in [-0.4, -0.2) is 11.9 Å². The fourth-order valence-electron chi connectivity index (χ4n) is 5.21. The van der Waals surface area contributed by atoms with E-state index in [9.17, 15) is 9.59 Å². The van der Waals surface area contributed by atoms with E-state index in [2.05, 4.69) is 26.0 Å². The maximum absolute atomic E-state index is 11.9. The van der Waals surface area contributed by atoms with E-state index in [1.165, 1.54) is 148 Å². The fourth-order valence-corrected chi connectivity index (χ4v) is 5.21. The molecule has 0 aliphatic heterocycles. The Hall–Kier alpha value is -1.12. The van der Waals surface area contributed by atoms with Crippen LogP contribution in [0.2, 0.25) is 0 Å². The zero-order valence-corrected chi connectivity index (χ0v) is 26.6. The molecule has 0 rings (SSSR count). The van der Waals surface area contributed by atoms with E-state index in [4.69, 9.17) is 4.74 Å². The van der Waals surface area contributed by atoms with E-state index in [0.717, 1.165) is 32.1 Å². The highest BCUT2D eigenvalue weighted by molar-refractivity contribution is 5.85. The minimum absolute atomic E-state index is 0.331. The number of carbonyl (C=O) groups is 2. The Morgan fingerprint density at radius 2 is 0.641 bits per heavy atom. The number of ether oxygens (including phenoxy) is 1. The molecule has 0 N–H and O–H groups in total. The third-order valence-electron chi connectivity index (χ3n) is 7.85. The SMILES string of the molecule is CCCCCCC=CCCCCCCCC(=O)OC(=O)CCCCCCCCCCCCCCCCCCC. The van der Waals surface area contributed by atoms with Crippen LogP contribution in [0.15, 0.2) is 12.2 Å². The molecule has 3 heteroatoms. The van der Waals surface area contributed by atoms with Gasteiger partial charge in [0.1, 0.15) is 0 Å². The zero-order valence-electron chi connectivity index (χ0n) is 26.6. The standard InChI is InChI=1S/C36H68O3/c1-3-5-7-9-11-13-15-17-18-19-20-22-24-26-28-30-32-34-36(38)39-35(37)33-31-29-27-25-23-21-16-14-12-10-8-6-4-2/h14,16H,3-13,15,17-34H2,1-2H3. The first-order chi connectivity index (χ1) is 19.2. The lowest BCUT2D eigenvalue weighted by Crippen LogP contribution is -2.11. The lowest BCUT2D eigenvalue weighted by Gasteiger charge is -2.05. The Morgan fingerprint density at radius 3 is 0.974 bits per heavy atom. The van der Waals surface area contributed by atoms with Crippen LogP contribution in [0.1, 0.15) is 206 Å². The van der Waals surface area contributed by atoms with Gasteiger partial charge in [-0.25, -0.2) is 0 Å². The van der Waals surface area contributed by atoms with Crippen molar-refractivity contribution in [3.05, 3.63) is 12.2 Å². The molecular formula is C36H68O3. The predicted octanol–water partition coefficient (Wildman–Crippen LogP) is 12.4. The van der Waals surface area contributed by atoms with Crippen molar-refractivity contribution in [2.45, 2.75) is 206 Å². The van der Waals surface area contributed by atoms with Crippen LogP contribution in [0.5, 0.6) is 0 Å². The molecule has 3 nitrogen and oxygen atoms in total. The summed E-state index contributed by atoms with van der Waals surface area (Å²) in [7, 11) is 0. The summed E-state index contributed by atoms with van der Waals surface area (Å²) in [5, 5.41) is 0. The number of carbonyl (C=O) groups excluding carboxylic acids is 2. The summed E-state index contributed by atoms with van der Waals surface area (Å²) in [5.41, 5.74) is 0. The minimum atomic E-state index is -0.335. The highest BCUT2D eigenvalue weighted by Gasteiger charge is 2.09. The first kappa shape index (κ1) is 37.9. The number of hydrogen-bond donors (Lipinski definition) is 0. The Morgan fingerprint density at radius 1 is 0.385 bits per heavy atom. The average Bonchev–Trinajstić information content (AvgIpc) is 2.93. The van der Waals surface area contributed by atoms with Crippen LogP contribution in [0.3, 0.4) is 0 Å². The first-order valence-corrected chi connectivity index (χ1v) is 17.6. The van der Waals surface area contributed by atoms with Gasteiger partial charge in [-0.2, -0.15) is 0 Å². The largest absolute Gasteiger partial charge is 0.393 e. The van der Waals surface area contributed by atoms with Crippen molar-refractivity contribution in [1.82, 2.24) is 0 Å². The number of allylic oxidation sites excluding steroid dienone is 2. The molecule has 0 fully saturated rings. The molecule has 0 aromatic rings. The molecule has 39 heavy (non-hydrogen) atoms. The van der Waals surface area contributed by atoms with E-state index in [1.807, 2.05) is 0 Å². The summed E-state index contributed by atoms with van der Waals surface area (Å²) in [6.07, 6.45) is 41.2. The second-order valence-corrected chi connectivity index (χ2v) is 11.9. The normalized spacial score (nSPS) is 11.4. The van der Waals surface area contributed by atoms with Crippen molar-refractivity contribution in [3.8, 4) is 0 Å². The second-order valence-electron chi connectivity index (χ2n) is 11.9. The molecule has 0 amide bonds. The highest BCUT2D eigenvalue weighted by Crippen LogP contribution is 2.15. The molecule has 0 aliphatic carbocycles. The number of esters is 2. The molecule has 230 valence electrons. The summed E-state index contributed by atoms with van der Waals surface area (Å²) in [6.45, 7) is 4.53. The molecule has 0 spiro atoms. The maximum atomic E-state index is 11.9. The van der Waals surface area contributed by atoms with Crippen LogP contribution in [-0.2, 0) is 14.3 Å². The molecule has 0 bridgehead atoms. The zero-order chi connectivity index (χ0) is 28.5. The molecule has 0 aliphatic rings. The highest BCUT2D eigenvalue weighted by atomic mass is 16.6. The molecule has 0 saturated carbocycles. The van der Waals surface area contributed by atoms with E-state index in [0.29, 0.717) is 12.8 Å². The van der Waals surface area contributed by atoms with Gasteiger partial charge >= 0.3 is 11.9 Å². The van der Waals surface area contributed by atoms with Crippen LogP contribution in [0, 0.1) is 0 Å². The molecule has 0 saturated heterocycles. The topological polar surface area (TPSA) is 43.4 Å². The van der Waals surface area contributed by atoms with Gasteiger partial charge in [0.05, 0.1) is 0 Å². The molecule has 0 atom stereocenters. The van der Waals surface area contributed by atoms with Crippen molar-refractivity contribution in [2.75, 3.05) is 0 Å². The summed E-state index contributed by atoms with van der Waals surface area (Å²) in [5.74, 6) is -0.666. The van der Waals surface area contributed by atoms with Gasteiger partial charge in [-0.05, 0) is 38.5 Å².